The van der Waals surface area contributed by atoms with Gasteiger partial charge in [0.1, 0.15) is 30.1 Å². The van der Waals surface area contributed by atoms with Crippen molar-refractivity contribution in [1.82, 2.24) is 19.4 Å². The summed E-state index contributed by atoms with van der Waals surface area (Å²) in [4.78, 5) is 23.8. The zero-order chi connectivity index (χ0) is 23.8. The smallest absolute Gasteiger partial charge is 0.225 e. The van der Waals surface area contributed by atoms with Crippen LogP contribution in [0.5, 0.6) is 5.75 Å². The van der Waals surface area contributed by atoms with Gasteiger partial charge >= 0.3 is 0 Å². The second-order valence-electron chi connectivity index (χ2n) is 9.64. The predicted octanol–water partition coefficient (Wildman–Crippen LogP) is 3.76. The SMILES string of the molecule is Nc1ncnc2c1c(-c1cccc(OCC3CCCO3)c1)cn2C1CC(C(=O)N2CCSCC2)C1. The van der Waals surface area contributed by atoms with Gasteiger partial charge in [-0.15, -0.1) is 0 Å². The molecule has 2 N–H and O–H groups in total. The Hall–Kier alpha value is -2.78. The fourth-order valence-corrected chi connectivity index (χ4v) is 6.29. The lowest BCUT2D eigenvalue weighted by Crippen LogP contribution is -2.45. The van der Waals surface area contributed by atoms with Gasteiger partial charge in [-0.25, -0.2) is 9.97 Å². The van der Waals surface area contributed by atoms with E-state index in [0.717, 1.165) is 84.8 Å². The molecule has 1 aromatic carbocycles. The van der Waals surface area contributed by atoms with E-state index >= 15 is 0 Å². The molecule has 3 aromatic rings. The third-order valence-electron chi connectivity index (χ3n) is 7.42. The number of ether oxygens (including phenoxy) is 2. The molecule has 1 unspecified atom stereocenters. The minimum absolute atomic E-state index is 0.0951. The van der Waals surface area contributed by atoms with E-state index in [9.17, 15) is 4.79 Å². The van der Waals surface area contributed by atoms with Crippen LogP contribution < -0.4 is 10.5 Å². The highest BCUT2D eigenvalue weighted by atomic mass is 32.2. The van der Waals surface area contributed by atoms with Gasteiger partial charge in [0.2, 0.25) is 5.91 Å². The van der Waals surface area contributed by atoms with Crippen molar-refractivity contribution < 1.29 is 14.3 Å². The van der Waals surface area contributed by atoms with Gasteiger partial charge in [0.15, 0.2) is 0 Å². The summed E-state index contributed by atoms with van der Waals surface area (Å²) in [5.74, 6) is 3.76. The van der Waals surface area contributed by atoms with E-state index in [4.69, 9.17) is 15.2 Å². The maximum Gasteiger partial charge on any atom is 0.225 e. The van der Waals surface area contributed by atoms with Crippen molar-refractivity contribution in [2.45, 2.75) is 37.8 Å². The Morgan fingerprint density at radius 3 is 2.89 bits per heavy atom. The van der Waals surface area contributed by atoms with E-state index in [-0.39, 0.29) is 18.1 Å². The quantitative estimate of drug-likeness (QED) is 0.559. The summed E-state index contributed by atoms with van der Waals surface area (Å²) in [5.41, 5.74) is 9.17. The molecule has 9 heteroatoms. The number of hydrogen-bond donors (Lipinski definition) is 1. The van der Waals surface area contributed by atoms with Crippen LogP contribution in [0.4, 0.5) is 5.82 Å². The van der Waals surface area contributed by atoms with E-state index in [1.807, 2.05) is 34.9 Å². The summed E-state index contributed by atoms with van der Waals surface area (Å²) in [6, 6.07) is 8.30. The van der Waals surface area contributed by atoms with Crippen molar-refractivity contribution in [1.29, 1.82) is 0 Å². The molecule has 1 saturated carbocycles. The minimum atomic E-state index is 0.0951. The number of rotatable bonds is 6. The first-order chi connectivity index (χ1) is 17.2. The topological polar surface area (TPSA) is 95.5 Å². The third kappa shape index (κ3) is 4.47. The van der Waals surface area contributed by atoms with Gasteiger partial charge in [-0.05, 0) is 43.4 Å². The van der Waals surface area contributed by atoms with Crippen molar-refractivity contribution in [3.63, 3.8) is 0 Å². The Morgan fingerprint density at radius 1 is 1.23 bits per heavy atom. The van der Waals surface area contributed by atoms with Gasteiger partial charge in [-0.3, -0.25) is 4.79 Å². The minimum Gasteiger partial charge on any atom is -0.491 e. The number of carbonyl (C=O) groups excluding carboxylic acids is 1. The van der Waals surface area contributed by atoms with E-state index in [1.54, 1.807) is 0 Å². The van der Waals surface area contributed by atoms with Crippen LogP contribution in [-0.2, 0) is 9.53 Å². The number of amides is 1. The van der Waals surface area contributed by atoms with Gasteiger partial charge in [0, 0.05) is 54.9 Å². The molecule has 184 valence electrons. The van der Waals surface area contributed by atoms with Crippen LogP contribution in [0.25, 0.3) is 22.2 Å². The van der Waals surface area contributed by atoms with Gasteiger partial charge in [0.25, 0.3) is 0 Å². The molecule has 0 radical (unpaired) electrons. The van der Waals surface area contributed by atoms with Crippen LogP contribution in [0.1, 0.15) is 31.7 Å². The number of nitrogens with two attached hydrogens (primary N) is 1. The highest BCUT2D eigenvalue weighted by Gasteiger charge is 2.39. The van der Waals surface area contributed by atoms with Gasteiger partial charge in [-0.2, -0.15) is 11.8 Å². The molecule has 1 atom stereocenters. The maximum atomic E-state index is 12.9. The van der Waals surface area contributed by atoms with Crippen LogP contribution in [0.2, 0.25) is 0 Å². The number of hydrogen-bond acceptors (Lipinski definition) is 7. The molecule has 2 aromatic heterocycles. The molecule has 4 heterocycles. The lowest BCUT2D eigenvalue weighted by molar-refractivity contribution is -0.139. The highest BCUT2D eigenvalue weighted by Crippen LogP contribution is 2.44. The van der Waals surface area contributed by atoms with Crippen molar-refractivity contribution >= 4 is 34.5 Å². The summed E-state index contributed by atoms with van der Waals surface area (Å²) in [6.07, 6.45) is 7.62. The number of thioether (sulfide) groups is 1. The highest BCUT2D eigenvalue weighted by molar-refractivity contribution is 7.99. The largest absolute Gasteiger partial charge is 0.491 e. The number of carbonyl (C=O) groups is 1. The van der Waals surface area contributed by atoms with Crippen LogP contribution in [0.3, 0.4) is 0 Å². The van der Waals surface area contributed by atoms with E-state index in [1.165, 1.54) is 6.33 Å². The molecular formula is C26H31N5O3S. The Kier molecular flexibility index (Phi) is 6.28. The monoisotopic (exact) mass is 493 g/mol. The second kappa shape index (κ2) is 9.70. The third-order valence-corrected chi connectivity index (χ3v) is 8.36. The summed E-state index contributed by atoms with van der Waals surface area (Å²) in [7, 11) is 0. The Bertz CT molecular complexity index is 1210. The lowest BCUT2D eigenvalue weighted by Gasteiger charge is -2.39. The molecule has 1 amide bonds. The van der Waals surface area contributed by atoms with Crippen molar-refractivity contribution in [2.24, 2.45) is 5.92 Å². The fourth-order valence-electron chi connectivity index (χ4n) is 5.38. The molecule has 2 saturated heterocycles. The van der Waals surface area contributed by atoms with Gasteiger partial charge in [-0.1, -0.05) is 12.1 Å². The maximum absolute atomic E-state index is 12.9. The summed E-state index contributed by atoms with van der Waals surface area (Å²) >= 11 is 1.93. The van der Waals surface area contributed by atoms with Gasteiger partial charge in [0.05, 0.1) is 11.5 Å². The number of fused-ring (bicyclic) bond motifs is 1. The number of benzene rings is 1. The standard InChI is InChI=1S/C26H31N5O3S/c27-24-23-22(17-3-1-4-20(13-17)34-15-21-5-2-8-33-21)14-31(25(23)29-16-28-24)19-11-18(12-19)26(32)30-6-9-35-10-7-30/h1,3-4,13-14,16,18-19,21H,2,5-12,15H2,(H2,27,28,29). The summed E-state index contributed by atoms with van der Waals surface area (Å²) < 4.78 is 13.9. The average Bonchev–Trinajstić information content (AvgIpc) is 3.52. The first-order valence-corrected chi connectivity index (χ1v) is 13.6. The molecule has 3 fully saturated rings. The Labute approximate surface area is 209 Å². The van der Waals surface area contributed by atoms with Crippen LogP contribution in [0.15, 0.2) is 36.8 Å². The molecule has 8 nitrogen and oxygen atoms in total. The van der Waals surface area contributed by atoms with Crippen molar-refractivity contribution in [2.75, 3.05) is 43.5 Å². The van der Waals surface area contributed by atoms with E-state index in [2.05, 4.69) is 26.8 Å². The second-order valence-corrected chi connectivity index (χ2v) is 10.9. The Balaban J connectivity index is 1.24. The van der Waals surface area contributed by atoms with Crippen molar-refractivity contribution in [3.8, 4) is 16.9 Å². The molecule has 6 rings (SSSR count). The van der Waals surface area contributed by atoms with Crippen LogP contribution >= 0.6 is 11.8 Å². The zero-order valence-corrected chi connectivity index (χ0v) is 20.6. The molecule has 35 heavy (non-hydrogen) atoms. The number of aromatic nitrogens is 3. The van der Waals surface area contributed by atoms with E-state index < -0.39 is 0 Å². The molecule has 0 spiro atoms. The van der Waals surface area contributed by atoms with Crippen LogP contribution in [-0.4, -0.2) is 69.3 Å². The van der Waals surface area contributed by atoms with E-state index in [0.29, 0.717) is 18.3 Å². The Morgan fingerprint density at radius 2 is 2.09 bits per heavy atom. The first kappa shape index (κ1) is 22.7. The average molecular weight is 494 g/mol. The normalized spacial score (nSPS) is 24.5. The first-order valence-electron chi connectivity index (χ1n) is 12.5. The van der Waals surface area contributed by atoms with Crippen LogP contribution in [0, 0.1) is 5.92 Å². The zero-order valence-electron chi connectivity index (χ0n) is 19.8. The summed E-state index contributed by atoms with van der Waals surface area (Å²) in [6.45, 7) is 3.12. The summed E-state index contributed by atoms with van der Waals surface area (Å²) in [5, 5.41) is 0.853. The number of anilines is 1. The molecule has 0 bridgehead atoms. The molecule has 3 aliphatic rings. The molecular weight excluding hydrogens is 462 g/mol. The fraction of sp³-hybridized carbons (Fsp3) is 0.500. The number of nitrogen functional groups attached to an aromatic ring is 1. The van der Waals surface area contributed by atoms with Gasteiger partial charge < -0.3 is 24.7 Å². The number of nitrogens with zero attached hydrogens (tertiary/aromatic N) is 4. The molecule has 1 aliphatic carbocycles. The predicted molar refractivity (Wildman–Crippen MR) is 138 cm³/mol. The lowest BCUT2D eigenvalue weighted by atomic mass is 9.79. The van der Waals surface area contributed by atoms with Crippen molar-refractivity contribution in [3.05, 3.63) is 36.8 Å². The molecule has 2 aliphatic heterocycles.